The first-order valence-electron chi connectivity index (χ1n) is 11.6. The molecule has 15 heteroatoms. The van der Waals surface area contributed by atoms with Gasteiger partial charge in [-0.15, -0.1) is 10.2 Å². The van der Waals surface area contributed by atoms with Gasteiger partial charge in [-0.1, -0.05) is 0 Å². The molecule has 0 spiro atoms. The van der Waals surface area contributed by atoms with Gasteiger partial charge in [0.05, 0.1) is 32.5 Å². The molecule has 4 heterocycles. The number of tetrazole rings is 1. The lowest BCUT2D eigenvalue weighted by Crippen LogP contribution is -2.40. The van der Waals surface area contributed by atoms with E-state index in [4.69, 9.17) is 19.5 Å². The molecule has 0 saturated carbocycles. The monoisotopic (exact) mass is 496 g/mol. The van der Waals surface area contributed by atoms with Crippen LogP contribution in [-0.2, 0) is 22.4 Å². The molecule has 0 bridgehead atoms. The van der Waals surface area contributed by atoms with Crippen molar-refractivity contribution in [3.8, 4) is 0 Å². The number of anilines is 3. The van der Waals surface area contributed by atoms with Crippen LogP contribution in [0.1, 0.15) is 25.6 Å². The van der Waals surface area contributed by atoms with Gasteiger partial charge < -0.3 is 35.0 Å². The van der Waals surface area contributed by atoms with E-state index in [0.29, 0.717) is 44.6 Å². The van der Waals surface area contributed by atoms with E-state index in [0.717, 1.165) is 50.7 Å². The number of hydrogen-bond acceptors (Lipinski definition) is 11. The van der Waals surface area contributed by atoms with Gasteiger partial charge in [0.15, 0.2) is 5.82 Å². The lowest BCUT2D eigenvalue weighted by molar-refractivity contribution is 0.122. The largest absolute Gasteiger partial charge is 0.378 e. The molecule has 2 aliphatic rings. The smallest absolute Gasteiger partial charge is 0.326 e. The van der Waals surface area contributed by atoms with E-state index in [1.165, 1.54) is 4.80 Å². The molecule has 2 aliphatic heterocycles. The van der Waals surface area contributed by atoms with Gasteiger partial charge in [0.25, 0.3) is 0 Å². The summed E-state index contributed by atoms with van der Waals surface area (Å²) in [4.78, 5) is 33.4. The lowest BCUT2D eigenvalue weighted by Gasteiger charge is -2.33. The Bertz CT molecular complexity index is 972. The summed E-state index contributed by atoms with van der Waals surface area (Å²) in [5.74, 6) is 2.61. The van der Waals surface area contributed by atoms with E-state index < -0.39 is 7.60 Å². The number of ether oxygens (including phenoxy) is 1. The fourth-order valence-corrected chi connectivity index (χ4v) is 4.51. The van der Waals surface area contributed by atoms with Crippen molar-refractivity contribution >= 4 is 25.2 Å². The average Bonchev–Trinajstić information content (AvgIpc) is 3.30. The summed E-state index contributed by atoms with van der Waals surface area (Å²) >= 11 is 0. The zero-order valence-corrected chi connectivity index (χ0v) is 20.3. The van der Waals surface area contributed by atoms with Crippen LogP contribution in [0.25, 0.3) is 0 Å². The second-order valence-corrected chi connectivity index (χ2v) is 10.2. The van der Waals surface area contributed by atoms with Crippen molar-refractivity contribution in [1.82, 2.24) is 35.1 Å². The molecule has 0 radical (unpaired) electrons. The van der Waals surface area contributed by atoms with Crippen LogP contribution in [0, 0.1) is 0 Å². The highest BCUT2D eigenvalue weighted by molar-refractivity contribution is 7.51. The first-order valence-corrected chi connectivity index (χ1v) is 13.4. The van der Waals surface area contributed by atoms with E-state index in [1.54, 1.807) is 0 Å². The minimum Gasteiger partial charge on any atom is -0.378 e. The van der Waals surface area contributed by atoms with E-state index in [1.807, 2.05) is 13.0 Å². The van der Waals surface area contributed by atoms with E-state index in [2.05, 4.69) is 40.8 Å². The number of likely N-dealkylation sites (tertiary alicyclic amines) is 1. The molecule has 4 N–H and O–H groups in total. The molecule has 0 atom stereocenters. The highest BCUT2D eigenvalue weighted by Crippen LogP contribution is 2.34. The fraction of sp³-hybridized carbons (Fsp3) is 0.737. The number of morpholine rings is 1. The van der Waals surface area contributed by atoms with Gasteiger partial charge in [-0.05, 0) is 25.0 Å². The maximum atomic E-state index is 11.1. The van der Waals surface area contributed by atoms with Crippen molar-refractivity contribution < 1.29 is 19.1 Å². The Morgan fingerprint density at radius 3 is 2.62 bits per heavy atom. The Labute approximate surface area is 198 Å². The first-order chi connectivity index (χ1) is 16.4. The van der Waals surface area contributed by atoms with Crippen LogP contribution >= 0.6 is 7.60 Å². The number of nitrogens with one attached hydrogen (secondary N) is 2. The quantitative estimate of drug-likeness (QED) is 0.325. The molecule has 188 valence electrons. The van der Waals surface area contributed by atoms with Crippen LogP contribution in [0.15, 0.2) is 6.07 Å². The molecular weight excluding hydrogens is 463 g/mol. The summed E-state index contributed by atoms with van der Waals surface area (Å²) in [6.07, 6.45) is 1.63. The molecule has 0 aliphatic carbocycles. The maximum absolute atomic E-state index is 11.1. The highest BCUT2D eigenvalue weighted by Gasteiger charge is 2.23. The lowest BCUT2D eigenvalue weighted by atomic mass is 10.1. The summed E-state index contributed by atoms with van der Waals surface area (Å²) in [5.41, 5.74) is 0. The van der Waals surface area contributed by atoms with Gasteiger partial charge in [0.1, 0.15) is 11.6 Å². The predicted octanol–water partition coefficient (Wildman–Crippen LogP) is -0.0143. The second-order valence-electron chi connectivity index (χ2n) is 8.43. The SMILES string of the molecule is CCn1nnc(CNc2nc(NC3CCN(CCP(=O)(O)O)CC3)cc(N3CCOCC3)n2)n1. The summed E-state index contributed by atoms with van der Waals surface area (Å²) in [5, 5.41) is 19.0. The van der Waals surface area contributed by atoms with Crippen LogP contribution in [0.3, 0.4) is 0 Å². The van der Waals surface area contributed by atoms with Gasteiger partial charge >= 0.3 is 7.60 Å². The van der Waals surface area contributed by atoms with Crippen LogP contribution < -0.4 is 15.5 Å². The van der Waals surface area contributed by atoms with Crippen LogP contribution in [0.2, 0.25) is 0 Å². The molecule has 2 aromatic rings. The zero-order chi connectivity index (χ0) is 24.0. The fourth-order valence-electron chi connectivity index (χ4n) is 3.96. The van der Waals surface area contributed by atoms with Gasteiger partial charge in [-0.2, -0.15) is 14.8 Å². The molecule has 2 saturated heterocycles. The highest BCUT2D eigenvalue weighted by atomic mass is 31.2. The number of rotatable bonds is 10. The van der Waals surface area contributed by atoms with E-state index in [9.17, 15) is 4.57 Å². The van der Waals surface area contributed by atoms with Crippen LogP contribution in [0.4, 0.5) is 17.6 Å². The van der Waals surface area contributed by atoms with Gasteiger partial charge in [0, 0.05) is 44.8 Å². The van der Waals surface area contributed by atoms with Crippen molar-refractivity contribution in [2.75, 3.05) is 67.6 Å². The zero-order valence-electron chi connectivity index (χ0n) is 19.4. The third kappa shape index (κ3) is 7.31. The van der Waals surface area contributed by atoms with Crippen molar-refractivity contribution in [2.24, 2.45) is 0 Å². The summed E-state index contributed by atoms with van der Waals surface area (Å²) in [6, 6.07) is 2.18. The maximum Gasteiger partial charge on any atom is 0.326 e. The Kier molecular flexibility index (Phi) is 8.27. The molecular formula is C19H33N10O4P. The van der Waals surface area contributed by atoms with Gasteiger partial charge in [0.2, 0.25) is 5.95 Å². The third-order valence-electron chi connectivity index (χ3n) is 5.88. The normalized spacial score (nSPS) is 18.3. The number of aryl methyl sites for hydroxylation is 1. The van der Waals surface area contributed by atoms with Crippen LogP contribution in [-0.4, -0.2) is 103 Å². The minimum absolute atomic E-state index is 0.101. The molecule has 0 unspecified atom stereocenters. The minimum atomic E-state index is -3.97. The summed E-state index contributed by atoms with van der Waals surface area (Å²) in [6.45, 7) is 7.79. The van der Waals surface area contributed by atoms with Crippen molar-refractivity contribution in [3.63, 3.8) is 0 Å². The Morgan fingerprint density at radius 1 is 1.18 bits per heavy atom. The third-order valence-corrected chi connectivity index (χ3v) is 6.66. The molecule has 4 rings (SSSR count). The molecule has 2 fully saturated rings. The second kappa shape index (κ2) is 11.4. The molecule has 0 aromatic carbocycles. The van der Waals surface area contributed by atoms with E-state index >= 15 is 0 Å². The standard InChI is InChI=1S/C19H33N10O4P/c1-2-29-25-17(24-26-29)14-20-19-22-16(13-18(23-19)28-7-10-33-11-8-28)21-15-3-5-27(6-4-15)9-12-34(30,31)32/h13,15H,2-12,14H2,1H3,(H2,30,31,32)(H2,20,21,22,23). The Morgan fingerprint density at radius 2 is 1.94 bits per heavy atom. The first kappa shape index (κ1) is 24.7. The molecule has 2 aromatic heterocycles. The number of aromatic nitrogens is 6. The average molecular weight is 497 g/mol. The Balaban J connectivity index is 1.40. The number of hydrogen-bond donors (Lipinski definition) is 4. The molecule has 14 nitrogen and oxygen atoms in total. The van der Waals surface area contributed by atoms with Crippen molar-refractivity contribution in [3.05, 3.63) is 11.9 Å². The van der Waals surface area contributed by atoms with E-state index in [-0.39, 0.29) is 12.2 Å². The molecule has 34 heavy (non-hydrogen) atoms. The topological polar surface area (TPSA) is 167 Å². The van der Waals surface area contributed by atoms with Crippen LogP contribution in [0.5, 0.6) is 0 Å². The van der Waals surface area contributed by atoms with Gasteiger partial charge in [-0.3, -0.25) is 4.57 Å². The van der Waals surface area contributed by atoms with Crippen molar-refractivity contribution in [2.45, 2.75) is 38.9 Å². The van der Waals surface area contributed by atoms with Gasteiger partial charge in [-0.25, -0.2) is 0 Å². The number of piperidine rings is 1. The predicted molar refractivity (Wildman–Crippen MR) is 126 cm³/mol. The van der Waals surface area contributed by atoms with Crippen molar-refractivity contribution in [1.29, 1.82) is 0 Å². The Hall–Kier alpha value is -2.38. The molecule has 0 amide bonds. The summed E-state index contributed by atoms with van der Waals surface area (Å²) < 4.78 is 16.6. The summed E-state index contributed by atoms with van der Waals surface area (Å²) in [7, 11) is -3.97. The number of nitrogens with zero attached hydrogens (tertiary/aromatic N) is 8.